The topological polar surface area (TPSA) is 28.7 Å². The summed E-state index contributed by atoms with van der Waals surface area (Å²) in [5.74, 6) is 0. The van der Waals surface area contributed by atoms with Gasteiger partial charge in [0.05, 0.1) is 37.8 Å². The zero-order valence-electron chi connectivity index (χ0n) is 21.8. The number of fused-ring (bicyclic) bond motifs is 10. The Hall–Kier alpha value is -4.95. The molecule has 9 rings (SSSR count). The lowest BCUT2D eigenvalue weighted by atomic mass is 9.99. The molecule has 0 saturated heterocycles. The van der Waals surface area contributed by atoms with Gasteiger partial charge in [0.2, 0.25) is 0 Å². The van der Waals surface area contributed by atoms with Crippen LogP contribution in [0.15, 0.2) is 121 Å². The molecule has 0 spiro atoms. The van der Waals surface area contributed by atoms with E-state index in [1.807, 2.05) is 34.8 Å². The lowest BCUT2D eigenvalue weighted by Crippen LogP contribution is -1.98. The molecule has 0 bridgehead atoms. The Bertz CT molecular complexity index is 2500. The first-order valence-electron chi connectivity index (χ1n) is 13.6. The molecule has 4 heteroatoms. The third-order valence-corrected chi connectivity index (χ3v) is 10.8. The lowest BCUT2D eigenvalue weighted by molar-refractivity contribution is 1.18. The lowest BCUT2D eigenvalue weighted by Gasteiger charge is -2.15. The molecule has 3 aromatic heterocycles. The Morgan fingerprint density at radius 1 is 0.512 bits per heavy atom. The highest BCUT2D eigenvalue weighted by Crippen LogP contribution is 2.45. The van der Waals surface area contributed by atoms with Crippen LogP contribution in [-0.4, -0.2) is 4.57 Å². The summed E-state index contributed by atoms with van der Waals surface area (Å²) in [5, 5.41) is 17.5. The molecule has 0 unspecified atom stereocenters. The first-order valence-corrected chi connectivity index (χ1v) is 15.2. The van der Waals surface area contributed by atoms with Gasteiger partial charge in [-0.3, -0.25) is 0 Å². The van der Waals surface area contributed by atoms with Crippen LogP contribution >= 0.6 is 22.7 Å². The zero-order valence-corrected chi connectivity index (χ0v) is 23.4. The van der Waals surface area contributed by atoms with Crippen molar-refractivity contribution in [2.24, 2.45) is 0 Å². The number of nitriles is 1. The highest BCUT2D eigenvalue weighted by atomic mass is 32.1. The van der Waals surface area contributed by atoms with Crippen LogP contribution in [0.5, 0.6) is 0 Å². The number of thiophene rings is 2. The van der Waals surface area contributed by atoms with Gasteiger partial charge in [-0.15, -0.1) is 22.7 Å². The number of nitrogens with zero attached hydrogens (tertiary/aromatic N) is 2. The smallest absolute Gasteiger partial charge is 0.0992 e. The van der Waals surface area contributed by atoms with Crippen LogP contribution in [0, 0.1) is 11.3 Å². The van der Waals surface area contributed by atoms with E-state index < -0.39 is 0 Å². The predicted octanol–water partition coefficient (Wildman–Crippen LogP) is 11.1. The minimum absolute atomic E-state index is 0.653. The molecule has 2 nitrogen and oxygen atoms in total. The maximum Gasteiger partial charge on any atom is 0.0992 e. The molecule has 0 aliphatic carbocycles. The maximum absolute atomic E-state index is 9.86. The monoisotopic (exact) mass is 556 g/mol. The maximum atomic E-state index is 9.86. The molecule has 0 amide bonds. The van der Waals surface area contributed by atoms with E-state index in [2.05, 4.69) is 120 Å². The van der Waals surface area contributed by atoms with Crippen molar-refractivity contribution in [1.29, 1.82) is 5.26 Å². The summed E-state index contributed by atoms with van der Waals surface area (Å²) in [6.45, 7) is 0. The second-order valence-corrected chi connectivity index (χ2v) is 12.5. The third kappa shape index (κ3) is 3.22. The number of para-hydroxylation sites is 2. The number of hydrogen-bond donors (Lipinski definition) is 0. The van der Waals surface area contributed by atoms with E-state index in [9.17, 15) is 5.26 Å². The van der Waals surface area contributed by atoms with Crippen LogP contribution in [0.3, 0.4) is 0 Å². The van der Waals surface area contributed by atoms with Gasteiger partial charge in [-0.1, -0.05) is 78.9 Å². The van der Waals surface area contributed by atoms with Gasteiger partial charge >= 0.3 is 0 Å². The number of benzene rings is 6. The SMILES string of the molecule is N#Cc1ccc(-c2ccc3sc4c(ccc5c6ccccc6sc54)c3c2)c(-n2c3ccccc3c3ccccc32)c1. The summed E-state index contributed by atoms with van der Waals surface area (Å²) >= 11 is 3.77. The normalized spacial score (nSPS) is 11.9. The Morgan fingerprint density at radius 3 is 1.83 bits per heavy atom. The zero-order chi connectivity index (χ0) is 27.1. The van der Waals surface area contributed by atoms with Gasteiger partial charge in [0.15, 0.2) is 0 Å². The fourth-order valence-corrected chi connectivity index (χ4v) is 8.92. The molecule has 0 radical (unpaired) electrons. The van der Waals surface area contributed by atoms with Crippen molar-refractivity contribution in [2.45, 2.75) is 0 Å². The minimum atomic E-state index is 0.653. The Kier molecular flexibility index (Phi) is 4.74. The van der Waals surface area contributed by atoms with Crippen LogP contribution in [-0.2, 0) is 0 Å². The van der Waals surface area contributed by atoms with E-state index in [0.29, 0.717) is 5.56 Å². The highest BCUT2D eigenvalue weighted by Gasteiger charge is 2.18. The molecular weight excluding hydrogens is 537 g/mol. The van der Waals surface area contributed by atoms with E-state index in [-0.39, 0.29) is 0 Å². The summed E-state index contributed by atoms with van der Waals surface area (Å²) in [7, 11) is 0. The molecule has 0 N–H and O–H groups in total. The fourth-order valence-electron chi connectivity index (χ4n) is 6.40. The summed E-state index contributed by atoms with van der Waals surface area (Å²) in [5.41, 5.74) is 6.21. The molecule has 190 valence electrons. The van der Waals surface area contributed by atoms with Gasteiger partial charge in [0.1, 0.15) is 0 Å². The van der Waals surface area contributed by atoms with Gasteiger partial charge in [-0.05, 0) is 48.0 Å². The van der Waals surface area contributed by atoms with Crippen molar-refractivity contribution in [3.63, 3.8) is 0 Å². The standard InChI is InChI=1S/C37H20N2S2/c38-21-22-13-15-24(33(19-22)39-31-10-4-1-7-25(31)26-8-2-5-11-32(26)39)23-14-18-35-30(20-23)29-17-16-28-27-9-3-6-12-34(27)40-36(28)37(29)41-35/h1-20H. The van der Waals surface area contributed by atoms with Crippen molar-refractivity contribution in [3.05, 3.63) is 127 Å². The largest absolute Gasteiger partial charge is 0.309 e. The molecule has 0 saturated carbocycles. The minimum Gasteiger partial charge on any atom is -0.309 e. The van der Waals surface area contributed by atoms with Crippen molar-refractivity contribution in [1.82, 2.24) is 4.57 Å². The highest BCUT2D eigenvalue weighted by molar-refractivity contribution is 7.33. The van der Waals surface area contributed by atoms with E-state index in [4.69, 9.17) is 0 Å². The van der Waals surface area contributed by atoms with Crippen LogP contribution < -0.4 is 0 Å². The van der Waals surface area contributed by atoms with Crippen LogP contribution in [0.1, 0.15) is 5.56 Å². The van der Waals surface area contributed by atoms with Crippen LogP contribution in [0.25, 0.3) is 79.0 Å². The second kappa shape index (κ2) is 8.52. The molecule has 41 heavy (non-hydrogen) atoms. The first kappa shape index (κ1) is 22.8. The number of hydrogen-bond acceptors (Lipinski definition) is 3. The van der Waals surface area contributed by atoms with Crippen LogP contribution in [0.2, 0.25) is 0 Å². The number of rotatable bonds is 2. The molecule has 0 aliphatic heterocycles. The third-order valence-electron chi connectivity index (χ3n) is 8.24. The van der Waals surface area contributed by atoms with E-state index in [0.717, 1.165) is 27.8 Å². The molecular formula is C37H20N2S2. The van der Waals surface area contributed by atoms with E-state index >= 15 is 0 Å². The molecule has 0 atom stereocenters. The first-order chi connectivity index (χ1) is 20.3. The Labute approximate surface area is 243 Å². The Morgan fingerprint density at radius 2 is 1.12 bits per heavy atom. The second-order valence-electron chi connectivity index (χ2n) is 10.4. The van der Waals surface area contributed by atoms with Crippen molar-refractivity contribution < 1.29 is 0 Å². The van der Waals surface area contributed by atoms with Gasteiger partial charge < -0.3 is 4.57 Å². The van der Waals surface area contributed by atoms with Crippen molar-refractivity contribution in [2.75, 3.05) is 0 Å². The average molecular weight is 557 g/mol. The van der Waals surface area contributed by atoms with Gasteiger partial charge in [-0.25, -0.2) is 0 Å². The van der Waals surface area contributed by atoms with Gasteiger partial charge in [0.25, 0.3) is 0 Å². The van der Waals surface area contributed by atoms with E-state index in [1.54, 1.807) is 0 Å². The molecule has 0 aliphatic rings. The van der Waals surface area contributed by atoms with Gasteiger partial charge in [-0.2, -0.15) is 5.26 Å². The molecule has 0 fully saturated rings. The predicted molar refractivity (Wildman–Crippen MR) is 177 cm³/mol. The molecule has 6 aromatic carbocycles. The summed E-state index contributed by atoms with van der Waals surface area (Å²) in [6, 6.07) is 45.6. The molecule has 9 aromatic rings. The Balaban J connectivity index is 1.33. The average Bonchev–Trinajstić information content (AvgIpc) is 3.70. The fraction of sp³-hybridized carbons (Fsp3) is 0. The van der Waals surface area contributed by atoms with Crippen LogP contribution in [0.4, 0.5) is 0 Å². The number of aromatic nitrogens is 1. The van der Waals surface area contributed by atoms with Crippen molar-refractivity contribution in [3.8, 4) is 22.9 Å². The summed E-state index contributed by atoms with van der Waals surface area (Å²) < 4.78 is 7.67. The quantitative estimate of drug-likeness (QED) is 0.208. The van der Waals surface area contributed by atoms with Crippen molar-refractivity contribution >= 4 is 84.8 Å². The molecule has 3 heterocycles. The summed E-state index contributed by atoms with van der Waals surface area (Å²) in [4.78, 5) is 0. The van der Waals surface area contributed by atoms with Gasteiger partial charge in [0, 0.05) is 47.3 Å². The van der Waals surface area contributed by atoms with E-state index in [1.165, 1.54) is 51.1 Å². The summed E-state index contributed by atoms with van der Waals surface area (Å²) in [6.07, 6.45) is 0.